The average molecular weight is 354 g/mol. The van der Waals surface area contributed by atoms with Crippen molar-refractivity contribution in [3.05, 3.63) is 35.7 Å². The molecule has 25 heavy (non-hydrogen) atoms. The number of carbonyl (C=O) groups is 1. The molecule has 1 aromatic carbocycles. The molecule has 2 aromatic rings. The molecule has 1 aliphatic carbocycles. The van der Waals surface area contributed by atoms with E-state index < -0.39 is 12.1 Å². The maximum Gasteiger partial charge on any atom is 0.471 e. The van der Waals surface area contributed by atoms with Gasteiger partial charge in [0, 0.05) is 25.7 Å². The molecular formula is C16H17F3N4O2. The van der Waals surface area contributed by atoms with Crippen LogP contribution in [-0.4, -0.2) is 34.7 Å². The van der Waals surface area contributed by atoms with Gasteiger partial charge < -0.3 is 14.7 Å². The first-order chi connectivity index (χ1) is 11.8. The summed E-state index contributed by atoms with van der Waals surface area (Å²) in [6, 6.07) is 6.46. The number of alkyl halides is 3. The van der Waals surface area contributed by atoms with E-state index in [1.807, 2.05) is 0 Å². The van der Waals surface area contributed by atoms with Gasteiger partial charge in [0.1, 0.15) is 0 Å². The number of amides is 2. The molecule has 1 aromatic heterocycles. The lowest BCUT2D eigenvalue weighted by Crippen LogP contribution is -2.37. The average Bonchev–Trinajstić information content (AvgIpc) is 3.25. The quantitative estimate of drug-likeness (QED) is 0.894. The van der Waals surface area contributed by atoms with Crippen molar-refractivity contribution in [3.63, 3.8) is 0 Å². The Morgan fingerprint density at radius 1 is 1.32 bits per heavy atom. The van der Waals surface area contributed by atoms with Crippen LogP contribution in [0.5, 0.6) is 0 Å². The van der Waals surface area contributed by atoms with E-state index in [4.69, 9.17) is 0 Å². The van der Waals surface area contributed by atoms with Crippen LogP contribution in [0, 0.1) is 5.92 Å². The number of nitrogens with one attached hydrogen (secondary N) is 1. The summed E-state index contributed by atoms with van der Waals surface area (Å²) in [6.45, 7) is 1.08. The lowest BCUT2D eigenvalue weighted by molar-refractivity contribution is -0.159. The Morgan fingerprint density at radius 3 is 2.56 bits per heavy atom. The van der Waals surface area contributed by atoms with E-state index in [2.05, 4.69) is 20.0 Å². The number of nitrogens with zero attached hydrogens (tertiary/aromatic N) is 3. The highest BCUT2D eigenvalue weighted by atomic mass is 19.4. The Balaban J connectivity index is 1.59. The van der Waals surface area contributed by atoms with Crippen molar-refractivity contribution in [1.29, 1.82) is 0 Å². The number of urea groups is 1. The molecule has 0 radical (unpaired) electrons. The Kier molecular flexibility index (Phi) is 4.65. The van der Waals surface area contributed by atoms with Gasteiger partial charge in [0.25, 0.3) is 0 Å². The molecule has 134 valence electrons. The van der Waals surface area contributed by atoms with Crippen LogP contribution >= 0.6 is 0 Å². The predicted octanol–water partition coefficient (Wildman–Crippen LogP) is 3.31. The highest BCUT2D eigenvalue weighted by Crippen LogP contribution is 2.29. The van der Waals surface area contributed by atoms with Gasteiger partial charge >= 0.3 is 18.1 Å². The first kappa shape index (κ1) is 17.2. The van der Waals surface area contributed by atoms with Crippen molar-refractivity contribution in [2.75, 3.05) is 13.6 Å². The molecule has 0 atom stereocenters. The molecule has 1 heterocycles. The van der Waals surface area contributed by atoms with E-state index >= 15 is 0 Å². The third kappa shape index (κ3) is 4.49. The first-order valence-corrected chi connectivity index (χ1v) is 7.82. The zero-order chi connectivity index (χ0) is 18.0. The van der Waals surface area contributed by atoms with Gasteiger partial charge in [-0.2, -0.15) is 18.2 Å². The topological polar surface area (TPSA) is 71.3 Å². The Labute approximate surface area is 142 Å². The second-order valence-electron chi connectivity index (χ2n) is 6.10. The van der Waals surface area contributed by atoms with Crippen molar-refractivity contribution in [2.24, 2.45) is 5.92 Å². The molecule has 0 aliphatic heterocycles. The molecule has 1 fully saturated rings. The Bertz CT molecular complexity index is 739. The molecule has 0 spiro atoms. The number of aromatic nitrogens is 2. The standard InChI is InChI=1S/C16H17F3N4O2/c1-23(15(24)20-8-10-2-3-10)9-11-4-6-12(7-5-11)13-21-14(25-22-13)16(17,18)19/h4-7,10H,2-3,8-9H2,1H3,(H,20,24). The van der Waals surface area contributed by atoms with Gasteiger partial charge in [-0.05, 0) is 24.3 Å². The number of carbonyl (C=O) groups excluding carboxylic acids is 1. The van der Waals surface area contributed by atoms with Crippen LogP contribution in [0.1, 0.15) is 24.3 Å². The number of rotatable bonds is 5. The molecule has 1 aliphatic rings. The number of hydrogen-bond acceptors (Lipinski definition) is 4. The molecule has 9 heteroatoms. The van der Waals surface area contributed by atoms with Crippen LogP contribution in [0.25, 0.3) is 11.4 Å². The third-order valence-electron chi connectivity index (χ3n) is 3.89. The summed E-state index contributed by atoms with van der Waals surface area (Å²) in [6.07, 6.45) is -2.34. The van der Waals surface area contributed by atoms with Crippen LogP contribution in [-0.2, 0) is 12.7 Å². The van der Waals surface area contributed by atoms with Gasteiger partial charge in [0.15, 0.2) is 0 Å². The van der Waals surface area contributed by atoms with Crippen LogP contribution in [0.4, 0.5) is 18.0 Å². The molecule has 0 saturated heterocycles. The largest absolute Gasteiger partial charge is 0.471 e. The summed E-state index contributed by atoms with van der Waals surface area (Å²) >= 11 is 0. The minimum absolute atomic E-state index is 0.130. The summed E-state index contributed by atoms with van der Waals surface area (Å²) in [7, 11) is 1.69. The second-order valence-corrected chi connectivity index (χ2v) is 6.10. The zero-order valence-electron chi connectivity index (χ0n) is 13.5. The van der Waals surface area contributed by atoms with Crippen molar-refractivity contribution in [2.45, 2.75) is 25.6 Å². The van der Waals surface area contributed by atoms with Gasteiger partial charge in [0.05, 0.1) is 0 Å². The third-order valence-corrected chi connectivity index (χ3v) is 3.89. The highest BCUT2D eigenvalue weighted by Gasteiger charge is 2.38. The number of benzene rings is 1. The molecule has 6 nitrogen and oxygen atoms in total. The van der Waals surface area contributed by atoms with Crippen LogP contribution in [0.15, 0.2) is 28.8 Å². The SMILES string of the molecule is CN(Cc1ccc(-c2noc(C(F)(F)F)n2)cc1)C(=O)NCC1CC1. The summed E-state index contributed by atoms with van der Waals surface area (Å²) in [4.78, 5) is 16.8. The van der Waals surface area contributed by atoms with E-state index in [0.29, 0.717) is 24.6 Å². The maximum atomic E-state index is 12.5. The van der Waals surface area contributed by atoms with Crippen LogP contribution in [0.3, 0.4) is 0 Å². The predicted molar refractivity (Wildman–Crippen MR) is 82.3 cm³/mol. The molecule has 3 rings (SSSR count). The normalized spacial score (nSPS) is 14.4. The van der Waals surface area contributed by atoms with Gasteiger partial charge in [-0.25, -0.2) is 4.79 Å². The van der Waals surface area contributed by atoms with Crippen molar-refractivity contribution in [1.82, 2.24) is 20.4 Å². The summed E-state index contributed by atoms with van der Waals surface area (Å²) < 4.78 is 41.6. The lowest BCUT2D eigenvalue weighted by atomic mass is 10.1. The first-order valence-electron chi connectivity index (χ1n) is 7.82. The molecule has 0 bridgehead atoms. The summed E-state index contributed by atoms with van der Waals surface area (Å²) in [5.41, 5.74) is 1.25. The van der Waals surface area contributed by atoms with Gasteiger partial charge in [-0.1, -0.05) is 29.4 Å². The highest BCUT2D eigenvalue weighted by molar-refractivity contribution is 5.73. The fraction of sp³-hybridized carbons (Fsp3) is 0.438. The molecular weight excluding hydrogens is 337 g/mol. The Morgan fingerprint density at radius 2 is 2.00 bits per heavy atom. The lowest BCUT2D eigenvalue weighted by Gasteiger charge is -2.18. The van der Waals surface area contributed by atoms with E-state index in [9.17, 15) is 18.0 Å². The maximum absolute atomic E-state index is 12.5. The van der Waals surface area contributed by atoms with E-state index in [-0.39, 0.29) is 11.9 Å². The molecule has 0 unspecified atom stereocenters. The van der Waals surface area contributed by atoms with E-state index in [1.54, 1.807) is 36.2 Å². The van der Waals surface area contributed by atoms with Gasteiger partial charge in [-0.3, -0.25) is 0 Å². The second kappa shape index (κ2) is 6.73. The number of halogens is 3. The van der Waals surface area contributed by atoms with Gasteiger partial charge in [-0.15, -0.1) is 0 Å². The summed E-state index contributed by atoms with van der Waals surface area (Å²) in [5, 5.41) is 6.20. The van der Waals surface area contributed by atoms with Crippen LogP contribution < -0.4 is 5.32 Å². The Hall–Kier alpha value is -2.58. The van der Waals surface area contributed by atoms with Crippen molar-refractivity contribution < 1.29 is 22.5 Å². The summed E-state index contributed by atoms with van der Waals surface area (Å²) in [5.74, 6) is -0.902. The van der Waals surface area contributed by atoms with Crippen molar-refractivity contribution >= 4 is 6.03 Å². The smallest absolute Gasteiger partial charge is 0.338 e. The zero-order valence-corrected chi connectivity index (χ0v) is 13.5. The fourth-order valence-electron chi connectivity index (χ4n) is 2.25. The van der Waals surface area contributed by atoms with Gasteiger partial charge in [0.2, 0.25) is 5.82 Å². The molecule has 1 N–H and O–H groups in total. The van der Waals surface area contributed by atoms with Crippen LogP contribution in [0.2, 0.25) is 0 Å². The molecule has 1 saturated carbocycles. The van der Waals surface area contributed by atoms with E-state index in [0.717, 1.165) is 18.4 Å². The number of hydrogen-bond donors (Lipinski definition) is 1. The minimum Gasteiger partial charge on any atom is -0.338 e. The monoisotopic (exact) mass is 354 g/mol. The fourth-order valence-corrected chi connectivity index (χ4v) is 2.25. The molecule has 2 amide bonds. The van der Waals surface area contributed by atoms with E-state index in [1.165, 1.54) is 0 Å². The minimum atomic E-state index is -4.66. The van der Waals surface area contributed by atoms with Crippen molar-refractivity contribution in [3.8, 4) is 11.4 Å².